The average Bonchev–Trinajstić information content (AvgIpc) is 2.19. The van der Waals surface area contributed by atoms with E-state index in [0.717, 1.165) is 0 Å². The van der Waals surface area contributed by atoms with Crippen LogP contribution in [0.1, 0.15) is 17.3 Å². The van der Waals surface area contributed by atoms with Crippen LogP contribution in [0, 0.1) is 0 Å². The zero-order valence-corrected chi connectivity index (χ0v) is 10.0. The van der Waals surface area contributed by atoms with Gasteiger partial charge in [-0.1, -0.05) is 28.1 Å². The van der Waals surface area contributed by atoms with E-state index in [1.54, 1.807) is 6.07 Å². The van der Waals surface area contributed by atoms with E-state index in [9.17, 15) is 13.6 Å². The standard InChI is InChI=1S/C10H10BrF2NO2/c1-5(15)8(11)6-3-2-4-7(9(6)14)16-10(12)13/h2-4,8,10H,14H2,1H3. The lowest BCUT2D eigenvalue weighted by molar-refractivity contribution is -0.116. The molecule has 0 heterocycles. The second kappa shape index (κ2) is 5.25. The molecule has 0 radical (unpaired) electrons. The first-order valence-corrected chi connectivity index (χ1v) is 5.32. The average molecular weight is 294 g/mol. The second-order valence-electron chi connectivity index (χ2n) is 3.11. The zero-order valence-electron chi connectivity index (χ0n) is 8.41. The van der Waals surface area contributed by atoms with E-state index in [0.29, 0.717) is 5.56 Å². The third-order valence-electron chi connectivity index (χ3n) is 1.95. The Morgan fingerprint density at radius 1 is 1.50 bits per heavy atom. The van der Waals surface area contributed by atoms with Gasteiger partial charge in [-0.2, -0.15) is 8.78 Å². The number of halogens is 3. The van der Waals surface area contributed by atoms with Gasteiger partial charge in [0.05, 0.1) is 10.5 Å². The molecule has 1 aromatic rings. The van der Waals surface area contributed by atoms with Gasteiger partial charge in [-0.05, 0) is 18.6 Å². The van der Waals surface area contributed by atoms with Crippen molar-refractivity contribution in [2.24, 2.45) is 0 Å². The molecule has 1 aromatic carbocycles. The molecule has 0 fully saturated rings. The van der Waals surface area contributed by atoms with Gasteiger partial charge >= 0.3 is 6.61 Å². The number of Topliss-reactive ketones (excluding diaryl/α,β-unsaturated/α-hetero) is 1. The normalized spacial score (nSPS) is 12.6. The van der Waals surface area contributed by atoms with E-state index in [-0.39, 0.29) is 17.2 Å². The minimum absolute atomic E-state index is 0.0416. The molecule has 6 heteroatoms. The molecule has 16 heavy (non-hydrogen) atoms. The fourth-order valence-electron chi connectivity index (χ4n) is 1.20. The molecule has 0 aliphatic heterocycles. The number of nitrogen functional groups attached to an aromatic ring is 1. The fourth-order valence-corrected chi connectivity index (χ4v) is 1.60. The summed E-state index contributed by atoms with van der Waals surface area (Å²) in [6.07, 6.45) is 0. The van der Waals surface area contributed by atoms with Crippen molar-refractivity contribution in [1.29, 1.82) is 0 Å². The molecule has 0 bridgehead atoms. The van der Waals surface area contributed by atoms with Crippen LogP contribution in [0.25, 0.3) is 0 Å². The van der Waals surface area contributed by atoms with E-state index in [4.69, 9.17) is 5.73 Å². The van der Waals surface area contributed by atoms with Crippen molar-refractivity contribution < 1.29 is 18.3 Å². The third kappa shape index (κ3) is 2.91. The van der Waals surface area contributed by atoms with Crippen LogP contribution in [0.15, 0.2) is 18.2 Å². The zero-order chi connectivity index (χ0) is 12.3. The first-order valence-electron chi connectivity index (χ1n) is 4.41. The van der Waals surface area contributed by atoms with E-state index in [1.165, 1.54) is 19.1 Å². The highest BCUT2D eigenvalue weighted by molar-refractivity contribution is 9.09. The van der Waals surface area contributed by atoms with E-state index in [1.807, 2.05) is 0 Å². The second-order valence-corrected chi connectivity index (χ2v) is 4.03. The van der Waals surface area contributed by atoms with Crippen molar-refractivity contribution >= 4 is 27.4 Å². The van der Waals surface area contributed by atoms with Crippen LogP contribution >= 0.6 is 15.9 Å². The van der Waals surface area contributed by atoms with Gasteiger partial charge in [-0.15, -0.1) is 0 Å². The monoisotopic (exact) mass is 293 g/mol. The van der Waals surface area contributed by atoms with Gasteiger partial charge in [0.1, 0.15) is 11.5 Å². The summed E-state index contributed by atoms with van der Waals surface area (Å²) in [7, 11) is 0. The molecule has 88 valence electrons. The molecular weight excluding hydrogens is 284 g/mol. The number of para-hydroxylation sites is 1. The number of ketones is 1. The van der Waals surface area contributed by atoms with Gasteiger partial charge in [-0.25, -0.2) is 0 Å². The molecule has 0 spiro atoms. The predicted molar refractivity (Wildman–Crippen MR) is 59.8 cm³/mol. The highest BCUT2D eigenvalue weighted by atomic mass is 79.9. The number of hydrogen-bond donors (Lipinski definition) is 1. The number of ether oxygens (including phenoxy) is 1. The van der Waals surface area contributed by atoms with Crippen LogP contribution < -0.4 is 10.5 Å². The minimum Gasteiger partial charge on any atom is -0.433 e. The first-order chi connectivity index (χ1) is 7.43. The van der Waals surface area contributed by atoms with Gasteiger partial charge in [0.15, 0.2) is 0 Å². The van der Waals surface area contributed by atoms with Crippen LogP contribution in [-0.2, 0) is 4.79 Å². The Balaban J connectivity index is 3.08. The SMILES string of the molecule is CC(=O)C(Br)c1cccc(OC(F)F)c1N. The molecule has 0 aliphatic carbocycles. The smallest absolute Gasteiger partial charge is 0.387 e. The maximum absolute atomic E-state index is 12.0. The largest absolute Gasteiger partial charge is 0.433 e. The fraction of sp³-hybridized carbons (Fsp3) is 0.300. The van der Waals surface area contributed by atoms with Gasteiger partial charge in [0.25, 0.3) is 0 Å². The summed E-state index contributed by atoms with van der Waals surface area (Å²) in [5, 5.41) is 0. The third-order valence-corrected chi connectivity index (χ3v) is 3.08. The molecule has 1 unspecified atom stereocenters. The molecule has 3 nitrogen and oxygen atoms in total. The summed E-state index contributed by atoms with van der Waals surface area (Å²) in [5.41, 5.74) is 6.09. The molecule has 0 amide bonds. The molecule has 0 saturated carbocycles. The number of nitrogens with two attached hydrogens (primary N) is 1. The maximum atomic E-state index is 12.0. The summed E-state index contributed by atoms with van der Waals surface area (Å²) < 4.78 is 28.3. The van der Waals surface area contributed by atoms with Crippen molar-refractivity contribution in [1.82, 2.24) is 0 Å². The number of benzene rings is 1. The number of alkyl halides is 3. The Bertz CT molecular complexity index is 398. The van der Waals surface area contributed by atoms with E-state index < -0.39 is 11.4 Å². The lowest BCUT2D eigenvalue weighted by Gasteiger charge is -2.13. The summed E-state index contributed by atoms with van der Waals surface area (Å²) >= 11 is 3.13. The Morgan fingerprint density at radius 2 is 2.12 bits per heavy atom. The first kappa shape index (κ1) is 12.9. The number of carbonyl (C=O) groups is 1. The maximum Gasteiger partial charge on any atom is 0.387 e. The van der Waals surface area contributed by atoms with Crippen molar-refractivity contribution in [3.05, 3.63) is 23.8 Å². The van der Waals surface area contributed by atoms with Crippen molar-refractivity contribution in [3.63, 3.8) is 0 Å². The van der Waals surface area contributed by atoms with Gasteiger partial charge in [0.2, 0.25) is 0 Å². The number of carbonyl (C=O) groups excluding carboxylic acids is 1. The Morgan fingerprint density at radius 3 is 2.62 bits per heavy atom. The quantitative estimate of drug-likeness (QED) is 0.686. The van der Waals surface area contributed by atoms with Gasteiger partial charge in [-0.3, -0.25) is 4.79 Å². The van der Waals surface area contributed by atoms with Gasteiger partial charge in [0, 0.05) is 0 Å². The Kier molecular flexibility index (Phi) is 4.23. The molecule has 1 atom stereocenters. The van der Waals surface area contributed by atoms with Gasteiger partial charge < -0.3 is 10.5 Å². The van der Waals surface area contributed by atoms with Crippen molar-refractivity contribution in [2.45, 2.75) is 18.4 Å². The summed E-state index contributed by atoms with van der Waals surface area (Å²) in [4.78, 5) is 10.5. The lowest BCUT2D eigenvalue weighted by Crippen LogP contribution is -2.09. The summed E-state index contributed by atoms with van der Waals surface area (Å²) in [5.74, 6) is -0.293. The van der Waals surface area contributed by atoms with Crippen LogP contribution in [-0.4, -0.2) is 12.4 Å². The van der Waals surface area contributed by atoms with Crippen LogP contribution in [0.4, 0.5) is 14.5 Å². The van der Waals surface area contributed by atoms with Crippen molar-refractivity contribution in [3.8, 4) is 5.75 Å². The highest BCUT2D eigenvalue weighted by Crippen LogP contribution is 2.34. The number of rotatable bonds is 4. The predicted octanol–water partition coefficient (Wildman–Crippen LogP) is 2.90. The molecule has 0 aliphatic rings. The Hall–Kier alpha value is -1.17. The van der Waals surface area contributed by atoms with Crippen LogP contribution in [0.3, 0.4) is 0 Å². The topological polar surface area (TPSA) is 52.3 Å². The van der Waals surface area contributed by atoms with E-state index in [2.05, 4.69) is 20.7 Å². The number of anilines is 1. The van der Waals surface area contributed by atoms with Crippen LogP contribution in [0.5, 0.6) is 5.75 Å². The van der Waals surface area contributed by atoms with E-state index >= 15 is 0 Å². The lowest BCUT2D eigenvalue weighted by atomic mass is 10.1. The van der Waals surface area contributed by atoms with Crippen molar-refractivity contribution in [2.75, 3.05) is 5.73 Å². The minimum atomic E-state index is -2.94. The molecule has 1 rings (SSSR count). The van der Waals surface area contributed by atoms with Crippen LogP contribution in [0.2, 0.25) is 0 Å². The molecule has 0 saturated heterocycles. The highest BCUT2D eigenvalue weighted by Gasteiger charge is 2.18. The molecule has 0 aromatic heterocycles. The summed E-state index contributed by atoms with van der Waals surface area (Å²) in [6.45, 7) is -1.57. The number of hydrogen-bond acceptors (Lipinski definition) is 3. The Labute approximate surface area is 99.7 Å². The molecular formula is C10H10BrF2NO2. The molecule has 2 N–H and O–H groups in total. The summed E-state index contributed by atoms with van der Waals surface area (Å²) in [6, 6.07) is 4.40.